The van der Waals surface area contributed by atoms with E-state index < -0.39 is 0 Å². The summed E-state index contributed by atoms with van der Waals surface area (Å²) in [6.07, 6.45) is 5.36. The normalized spacial score (nSPS) is 10.5. The molecule has 24 heavy (non-hydrogen) atoms. The van der Waals surface area contributed by atoms with E-state index in [0.29, 0.717) is 0 Å². The SMILES string of the molecule is c1ccc(-c2cc(-c3ccncc3)nc(-c3ccccn3)c2)cc1. The quantitative estimate of drug-likeness (QED) is 0.542. The second-order valence-electron chi connectivity index (χ2n) is 5.44. The zero-order chi connectivity index (χ0) is 16.2. The molecule has 0 fully saturated rings. The van der Waals surface area contributed by atoms with Crippen molar-refractivity contribution in [2.24, 2.45) is 0 Å². The van der Waals surface area contributed by atoms with Crippen LogP contribution in [0.15, 0.2) is 91.4 Å². The number of aromatic nitrogens is 3. The van der Waals surface area contributed by atoms with Crippen molar-refractivity contribution in [2.75, 3.05) is 0 Å². The monoisotopic (exact) mass is 309 g/mol. The van der Waals surface area contributed by atoms with Gasteiger partial charge in [-0.2, -0.15) is 0 Å². The lowest BCUT2D eigenvalue weighted by atomic mass is 10.0. The number of nitrogens with zero attached hydrogens (tertiary/aromatic N) is 3. The van der Waals surface area contributed by atoms with Crippen molar-refractivity contribution in [3.05, 3.63) is 91.4 Å². The summed E-state index contributed by atoms with van der Waals surface area (Å²) in [6.45, 7) is 0. The zero-order valence-electron chi connectivity index (χ0n) is 13.0. The van der Waals surface area contributed by atoms with Crippen LogP contribution in [0.4, 0.5) is 0 Å². The van der Waals surface area contributed by atoms with E-state index in [1.54, 1.807) is 18.6 Å². The summed E-state index contributed by atoms with van der Waals surface area (Å²) in [5.41, 5.74) is 5.97. The number of hydrogen-bond donors (Lipinski definition) is 0. The van der Waals surface area contributed by atoms with E-state index in [-0.39, 0.29) is 0 Å². The summed E-state index contributed by atoms with van der Waals surface area (Å²) < 4.78 is 0. The van der Waals surface area contributed by atoms with Gasteiger partial charge in [0.15, 0.2) is 0 Å². The number of hydrogen-bond acceptors (Lipinski definition) is 3. The maximum Gasteiger partial charge on any atom is 0.0899 e. The third-order valence-electron chi connectivity index (χ3n) is 3.84. The van der Waals surface area contributed by atoms with Gasteiger partial charge in [-0.25, -0.2) is 4.98 Å². The molecule has 114 valence electrons. The molecule has 3 nitrogen and oxygen atoms in total. The Hall–Kier alpha value is -3.33. The van der Waals surface area contributed by atoms with Crippen LogP contribution >= 0.6 is 0 Å². The van der Waals surface area contributed by atoms with Crippen molar-refractivity contribution in [3.63, 3.8) is 0 Å². The van der Waals surface area contributed by atoms with E-state index in [2.05, 4.69) is 34.2 Å². The molecule has 3 aromatic heterocycles. The van der Waals surface area contributed by atoms with Gasteiger partial charge < -0.3 is 0 Å². The molecular formula is C21H15N3. The molecule has 0 atom stereocenters. The summed E-state index contributed by atoms with van der Waals surface area (Å²) >= 11 is 0. The maximum absolute atomic E-state index is 4.81. The van der Waals surface area contributed by atoms with Crippen LogP contribution in [0.5, 0.6) is 0 Å². The van der Waals surface area contributed by atoms with Gasteiger partial charge in [0.1, 0.15) is 0 Å². The highest BCUT2D eigenvalue weighted by Crippen LogP contribution is 2.29. The topological polar surface area (TPSA) is 38.7 Å². The summed E-state index contributed by atoms with van der Waals surface area (Å²) in [7, 11) is 0. The predicted molar refractivity (Wildman–Crippen MR) is 96.1 cm³/mol. The fourth-order valence-electron chi connectivity index (χ4n) is 2.64. The van der Waals surface area contributed by atoms with Gasteiger partial charge in [-0.3, -0.25) is 9.97 Å². The Labute approximate surface area is 140 Å². The Morgan fingerprint density at radius 3 is 2.00 bits per heavy atom. The van der Waals surface area contributed by atoms with Gasteiger partial charge in [0, 0.05) is 24.2 Å². The minimum atomic E-state index is 0.865. The van der Waals surface area contributed by atoms with Crippen LogP contribution in [-0.4, -0.2) is 15.0 Å². The Morgan fingerprint density at radius 2 is 1.25 bits per heavy atom. The van der Waals surface area contributed by atoms with Crippen molar-refractivity contribution in [3.8, 4) is 33.8 Å². The first kappa shape index (κ1) is 14.3. The summed E-state index contributed by atoms with van der Waals surface area (Å²) in [5.74, 6) is 0. The lowest BCUT2D eigenvalue weighted by molar-refractivity contribution is 1.24. The van der Waals surface area contributed by atoms with Crippen molar-refractivity contribution in [1.82, 2.24) is 15.0 Å². The summed E-state index contributed by atoms with van der Waals surface area (Å²) in [6, 6.07) is 24.3. The Bertz CT molecular complexity index is 797. The molecule has 3 heterocycles. The Morgan fingerprint density at radius 1 is 0.500 bits per heavy atom. The van der Waals surface area contributed by atoms with E-state index in [0.717, 1.165) is 33.8 Å². The second-order valence-corrected chi connectivity index (χ2v) is 5.44. The maximum atomic E-state index is 4.81. The lowest BCUT2D eigenvalue weighted by Crippen LogP contribution is -1.92. The third kappa shape index (κ3) is 2.92. The van der Waals surface area contributed by atoms with Crippen molar-refractivity contribution in [1.29, 1.82) is 0 Å². The Kier molecular flexibility index (Phi) is 3.82. The molecule has 0 aliphatic heterocycles. The molecule has 4 rings (SSSR count). The van der Waals surface area contributed by atoms with Gasteiger partial charge in [-0.1, -0.05) is 36.4 Å². The fraction of sp³-hybridized carbons (Fsp3) is 0. The van der Waals surface area contributed by atoms with Gasteiger partial charge in [0.25, 0.3) is 0 Å². The molecule has 0 N–H and O–H groups in total. The van der Waals surface area contributed by atoms with Crippen LogP contribution in [0.2, 0.25) is 0 Å². The molecule has 0 saturated carbocycles. The van der Waals surface area contributed by atoms with Crippen LogP contribution in [0, 0.1) is 0 Å². The van der Waals surface area contributed by atoms with Gasteiger partial charge in [0.05, 0.1) is 17.1 Å². The lowest BCUT2D eigenvalue weighted by Gasteiger charge is -2.09. The van der Waals surface area contributed by atoms with E-state index in [4.69, 9.17) is 4.98 Å². The Balaban J connectivity index is 1.92. The van der Waals surface area contributed by atoms with E-state index >= 15 is 0 Å². The molecule has 3 heteroatoms. The number of rotatable bonds is 3. The molecule has 0 bridgehead atoms. The summed E-state index contributed by atoms with van der Waals surface area (Å²) in [5, 5.41) is 0. The molecule has 0 aliphatic carbocycles. The van der Waals surface area contributed by atoms with Crippen LogP contribution in [-0.2, 0) is 0 Å². The van der Waals surface area contributed by atoms with Crippen LogP contribution in [0.1, 0.15) is 0 Å². The molecule has 0 spiro atoms. The molecule has 1 aromatic carbocycles. The zero-order valence-corrected chi connectivity index (χ0v) is 13.0. The van der Waals surface area contributed by atoms with E-state index in [1.807, 2.05) is 48.5 Å². The number of pyridine rings is 3. The van der Waals surface area contributed by atoms with Gasteiger partial charge in [-0.05, 0) is 47.5 Å². The van der Waals surface area contributed by atoms with E-state index in [1.165, 1.54) is 0 Å². The minimum Gasteiger partial charge on any atom is -0.265 e. The molecule has 4 aromatic rings. The first-order valence-corrected chi connectivity index (χ1v) is 7.79. The first-order chi connectivity index (χ1) is 11.9. The first-order valence-electron chi connectivity index (χ1n) is 7.79. The van der Waals surface area contributed by atoms with Crippen LogP contribution < -0.4 is 0 Å². The summed E-state index contributed by atoms with van der Waals surface area (Å²) in [4.78, 5) is 13.3. The highest BCUT2D eigenvalue weighted by atomic mass is 14.8. The van der Waals surface area contributed by atoms with E-state index in [9.17, 15) is 0 Å². The molecular weight excluding hydrogens is 294 g/mol. The van der Waals surface area contributed by atoms with Gasteiger partial charge in [0.2, 0.25) is 0 Å². The highest BCUT2D eigenvalue weighted by Gasteiger charge is 2.09. The standard InChI is InChI=1S/C21H15N3/c1-2-6-16(7-3-1)18-14-20(17-9-12-22-13-10-17)24-21(15-18)19-8-4-5-11-23-19/h1-15H. The average molecular weight is 309 g/mol. The van der Waals surface area contributed by atoms with Crippen LogP contribution in [0.25, 0.3) is 33.8 Å². The highest BCUT2D eigenvalue weighted by molar-refractivity contribution is 5.75. The molecule has 0 saturated heterocycles. The average Bonchev–Trinajstić information content (AvgIpc) is 2.70. The molecule has 0 amide bonds. The van der Waals surface area contributed by atoms with Crippen molar-refractivity contribution in [2.45, 2.75) is 0 Å². The molecule has 0 aliphatic rings. The van der Waals surface area contributed by atoms with Crippen LogP contribution in [0.3, 0.4) is 0 Å². The third-order valence-corrected chi connectivity index (χ3v) is 3.84. The smallest absolute Gasteiger partial charge is 0.0899 e. The molecule has 0 unspecified atom stereocenters. The van der Waals surface area contributed by atoms with Crippen molar-refractivity contribution < 1.29 is 0 Å². The second kappa shape index (κ2) is 6.42. The van der Waals surface area contributed by atoms with Gasteiger partial charge >= 0.3 is 0 Å². The van der Waals surface area contributed by atoms with Gasteiger partial charge in [-0.15, -0.1) is 0 Å². The minimum absolute atomic E-state index is 0.865. The number of benzene rings is 1. The largest absolute Gasteiger partial charge is 0.265 e. The molecule has 0 radical (unpaired) electrons. The fourth-order valence-corrected chi connectivity index (χ4v) is 2.64. The van der Waals surface area contributed by atoms with Crippen molar-refractivity contribution >= 4 is 0 Å². The predicted octanol–water partition coefficient (Wildman–Crippen LogP) is 4.87.